The molecule has 0 atom stereocenters. The molecule has 0 unspecified atom stereocenters. The Morgan fingerprint density at radius 1 is 1.11 bits per heavy atom. The quantitative estimate of drug-likeness (QED) is 0.304. The fraction of sp³-hybridized carbons (Fsp3) is 0.176. The normalized spacial score (nSPS) is 11.0. The molecule has 3 aromatic rings. The van der Waals surface area contributed by atoms with Gasteiger partial charge in [0.25, 0.3) is 11.5 Å². The molecule has 0 fully saturated rings. The monoisotopic (exact) mass is 390 g/mol. The van der Waals surface area contributed by atoms with Gasteiger partial charge in [-0.3, -0.25) is 10.1 Å². The molecule has 1 aromatic heterocycles. The Bertz CT molecular complexity index is 1110. The molecule has 0 aliphatic rings. The lowest BCUT2D eigenvalue weighted by Gasteiger charge is -2.05. The molecule has 10 heteroatoms. The summed E-state index contributed by atoms with van der Waals surface area (Å²) in [5, 5.41) is 11.2. The van der Waals surface area contributed by atoms with Crippen molar-refractivity contribution in [3.8, 4) is 0 Å². The second kappa shape index (κ2) is 7.64. The molecule has 27 heavy (non-hydrogen) atoms. The van der Waals surface area contributed by atoms with Crippen LogP contribution in [0.4, 0.5) is 11.5 Å². The zero-order valence-electron chi connectivity index (χ0n) is 14.9. The minimum Gasteiger partial charge on any atom is -0.744 e. The lowest BCUT2D eigenvalue weighted by molar-refractivity contribution is -0.654. The van der Waals surface area contributed by atoms with E-state index in [1.165, 1.54) is 24.3 Å². The van der Waals surface area contributed by atoms with Crippen LogP contribution in [0.2, 0.25) is 0 Å². The number of non-ortho nitro benzene ring substituents is 1. The highest BCUT2D eigenvalue weighted by molar-refractivity contribution is 7.85. The highest BCUT2D eigenvalue weighted by Crippen LogP contribution is 2.22. The van der Waals surface area contributed by atoms with E-state index in [-0.39, 0.29) is 10.6 Å². The summed E-state index contributed by atoms with van der Waals surface area (Å²) in [4.78, 5) is 14.1. The van der Waals surface area contributed by atoms with Gasteiger partial charge in [-0.15, -0.1) is 0 Å². The minimum absolute atomic E-state index is 0.0184. The number of nitrogen functional groups attached to an aromatic ring is 1. The van der Waals surface area contributed by atoms with Crippen molar-refractivity contribution in [3.05, 3.63) is 64.0 Å². The van der Waals surface area contributed by atoms with Crippen molar-refractivity contribution >= 4 is 32.5 Å². The zero-order chi connectivity index (χ0) is 20.4. The molecule has 9 nitrogen and oxygen atoms in total. The first-order chi connectivity index (χ1) is 12.5. The number of nitrogens with two attached hydrogens (primary N) is 1. The number of hydrogen-bond donors (Lipinski definition) is 1. The Morgan fingerprint density at radius 3 is 2.22 bits per heavy atom. The van der Waals surface area contributed by atoms with Crippen LogP contribution in [0.1, 0.15) is 11.4 Å². The lowest BCUT2D eigenvalue weighted by Crippen LogP contribution is -2.34. The summed E-state index contributed by atoms with van der Waals surface area (Å²) in [6, 6.07) is 10.4. The van der Waals surface area contributed by atoms with Crippen LogP contribution in [0.15, 0.2) is 47.4 Å². The summed E-state index contributed by atoms with van der Waals surface area (Å²) >= 11 is 0. The Balaban J connectivity index is 0.000000208. The van der Waals surface area contributed by atoms with E-state index in [9.17, 15) is 23.1 Å². The largest absolute Gasteiger partial charge is 0.744 e. The Labute approximate surface area is 156 Å². The van der Waals surface area contributed by atoms with Crippen LogP contribution < -0.4 is 10.3 Å². The summed E-state index contributed by atoms with van der Waals surface area (Å²) in [6.07, 6.45) is 0. The van der Waals surface area contributed by atoms with E-state index in [2.05, 4.69) is 4.98 Å². The lowest BCUT2D eigenvalue weighted by atomic mass is 10.2. The maximum atomic E-state index is 10.6. The van der Waals surface area contributed by atoms with Gasteiger partial charge < -0.3 is 10.3 Å². The summed E-state index contributed by atoms with van der Waals surface area (Å²) < 4.78 is 33.0. The van der Waals surface area contributed by atoms with Gasteiger partial charge in [-0.1, -0.05) is 17.7 Å². The second-order valence-electron chi connectivity index (χ2n) is 5.83. The van der Waals surface area contributed by atoms with E-state index in [4.69, 9.17) is 5.73 Å². The summed E-state index contributed by atoms with van der Waals surface area (Å²) in [7, 11) is -2.43. The number of rotatable bonds is 2. The molecule has 0 radical (unpaired) electrons. The molecule has 1 heterocycles. The first-order valence-electron chi connectivity index (χ1n) is 7.73. The number of aryl methyl sites for hydroxylation is 3. The third-order valence-electron chi connectivity index (χ3n) is 3.91. The topological polar surface area (TPSA) is 143 Å². The highest BCUT2D eigenvalue weighted by atomic mass is 32.2. The molecule has 3 rings (SSSR count). The van der Waals surface area contributed by atoms with Crippen LogP contribution in [0.5, 0.6) is 0 Å². The Kier molecular flexibility index (Phi) is 5.72. The third kappa shape index (κ3) is 4.74. The molecule has 0 amide bonds. The van der Waals surface area contributed by atoms with Gasteiger partial charge in [0, 0.05) is 19.1 Å². The molecule has 2 aromatic carbocycles. The van der Waals surface area contributed by atoms with Gasteiger partial charge in [0.2, 0.25) is 5.82 Å². The number of anilines is 1. The van der Waals surface area contributed by atoms with Crippen LogP contribution in [0.25, 0.3) is 10.9 Å². The van der Waals surface area contributed by atoms with Crippen molar-refractivity contribution in [1.29, 1.82) is 0 Å². The molecule has 0 aliphatic heterocycles. The van der Waals surface area contributed by atoms with Crippen LogP contribution >= 0.6 is 0 Å². The number of fused-ring (bicyclic) bond motifs is 1. The maximum absolute atomic E-state index is 10.6. The van der Waals surface area contributed by atoms with Gasteiger partial charge >= 0.3 is 0 Å². The average molecular weight is 390 g/mol. The van der Waals surface area contributed by atoms with Crippen LogP contribution in [0, 0.1) is 24.0 Å². The number of aromatic nitrogens is 2. The number of nitrogens with zero attached hydrogens (tertiary/aromatic N) is 3. The van der Waals surface area contributed by atoms with E-state index in [0.717, 1.165) is 16.9 Å². The standard InChI is InChI=1S/C10H10N4O2.C7H8O3S/c1-6-12-10(11)8-5-7(14(15)16)3-4-9(8)13(6)2;1-6-2-4-7(5-3-6)11(8,9)10/h3-5,11H,1-2H3;2-5H,1H3,(H,8,9,10). The highest BCUT2D eigenvalue weighted by Gasteiger charge is 2.17. The summed E-state index contributed by atoms with van der Waals surface area (Å²) in [6.45, 7) is 3.65. The SMILES string of the molecule is Cc1ccc(S(=O)(=O)[O-])cc1.Cc1nc(N)c2cc([N+](=O)[O-])ccc2[n+]1C. The van der Waals surface area contributed by atoms with E-state index in [1.54, 1.807) is 18.2 Å². The van der Waals surface area contributed by atoms with Crippen molar-refractivity contribution in [2.24, 2.45) is 7.05 Å². The van der Waals surface area contributed by atoms with Crippen molar-refractivity contribution < 1.29 is 22.5 Å². The number of nitro groups is 1. The third-order valence-corrected chi connectivity index (χ3v) is 4.76. The number of benzene rings is 2. The van der Waals surface area contributed by atoms with Crippen LogP contribution in [-0.4, -0.2) is 22.9 Å². The van der Waals surface area contributed by atoms with E-state index in [0.29, 0.717) is 11.2 Å². The van der Waals surface area contributed by atoms with Crippen molar-refractivity contribution in [2.75, 3.05) is 5.73 Å². The number of hydrogen-bond acceptors (Lipinski definition) is 7. The molecule has 2 N–H and O–H groups in total. The molecule has 0 bridgehead atoms. The van der Waals surface area contributed by atoms with Gasteiger partial charge in [-0.25, -0.2) is 13.0 Å². The number of nitro benzene ring substituents is 1. The summed E-state index contributed by atoms with van der Waals surface area (Å²) in [5.41, 5.74) is 7.52. The van der Waals surface area contributed by atoms with Gasteiger partial charge in [0.1, 0.15) is 15.6 Å². The van der Waals surface area contributed by atoms with Crippen molar-refractivity contribution in [1.82, 2.24) is 4.98 Å². The predicted molar refractivity (Wildman–Crippen MR) is 97.9 cm³/mol. The smallest absolute Gasteiger partial charge is 0.298 e. The predicted octanol–water partition coefficient (Wildman–Crippen LogP) is 1.76. The molecular formula is C17H18N4O5S. The maximum Gasteiger partial charge on any atom is 0.298 e. The molecular weight excluding hydrogens is 372 g/mol. The van der Waals surface area contributed by atoms with Crippen LogP contribution in [0.3, 0.4) is 0 Å². The van der Waals surface area contributed by atoms with E-state index < -0.39 is 15.0 Å². The van der Waals surface area contributed by atoms with Gasteiger partial charge in [0.05, 0.1) is 22.3 Å². The van der Waals surface area contributed by atoms with Gasteiger partial charge in [-0.2, -0.15) is 0 Å². The first kappa shape index (κ1) is 20.2. The fourth-order valence-corrected chi connectivity index (χ4v) is 2.79. The second-order valence-corrected chi connectivity index (χ2v) is 7.21. The Hall–Kier alpha value is -3.11. The van der Waals surface area contributed by atoms with E-state index in [1.807, 2.05) is 25.5 Å². The van der Waals surface area contributed by atoms with Crippen molar-refractivity contribution in [2.45, 2.75) is 18.7 Å². The fourth-order valence-electron chi connectivity index (χ4n) is 2.32. The average Bonchev–Trinajstić information content (AvgIpc) is 2.59. The van der Waals surface area contributed by atoms with Crippen LogP contribution in [-0.2, 0) is 17.2 Å². The van der Waals surface area contributed by atoms with E-state index >= 15 is 0 Å². The molecule has 142 valence electrons. The van der Waals surface area contributed by atoms with Gasteiger partial charge in [0.15, 0.2) is 0 Å². The molecule has 0 spiro atoms. The van der Waals surface area contributed by atoms with Gasteiger partial charge in [-0.05, 0) is 30.1 Å². The molecule has 0 saturated carbocycles. The zero-order valence-corrected chi connectivity index (χ0v) is 15.7. The van der Waals surface area contributed by atoms with Crippen molar-refractivity contribution in [3.63, 3.8) is 0 Å². The summed E-state index contributed by atoms with van der Waals surface area (Å²) in [5.74, 6) is 1.08. The Morgan fingerprint density at radius 2 is 1.70 bits per heavy atom. The molecule has 0 aliphatic carbocycles. The molecule has 0 saturated heterocycles. The first-order valence-corrected chi connectivity index (χ1v) is 9.14. The minimum atomic E-state index is -4.27.